The second-order valence-corrected chi connectivity index (χ2v) is 7.83. The SMILES string of the molecule is CCCCCCOc1ccc(-c2cc(-c3cc(Cl)ccc3Cl)nc(N)c2C#N)cc1. The molecule has 0 saturated carbocycles. The summed E-state index contributed by atoms with van der Waals surface area (Å²) < 4.78 is 5.81. The van der Waals surface area contributed by atoms with Gasteiger partial charge >= 0.3 is 0 Å². The van der Waals surface area contributed by atoms with E-state index in [0.717, 1.165) is 17.7 Å². The fourth-order valence-electron chi connectivity index (χ4n) is 3.19. The van der Waals surface area contributed by atoms with Crippen molar-refractivity contribution >= 4 is 29.0 Å². The van der Waals surface area contributed by atoms with Crippen molar-refractivity contribution in [3.05, 3.63) is 64.1 Å². The van der Waals surface area contributed by atoms with Gasteiger partial charge in [0.1, 0.15) is 23.2 Å². The minimum atomic E-state index is 0.150. The van der Waals surface area contributed by atoms with E-state index in [1.54, 1.807) is 18.2 Å². The Hall–Kier alpha value is -2.74. The van der Waals surface area contributed by atoms with Crippen LogP contribution in [0.4, 0.5) is 5.82 Å². The van der Waals surface area contributed by atoms with Gasteiger partial charge in [0.05, 0.1) is 17.3 Å². The number of halogens is 2. The molecule has 0 aliphatic heterocycles. The summed E-state index contributed by atoms with van der Waals surface area (Å²) >= 11 is 12.5. The molecule has 0 aliphatic rings. The van der Waals surface area contributed by atoms with Crippen molar-refractivity contribution < 1.29 is 4.74 Å². The molecule has 0 bridgehead atoms. The number of pyridine rings is 1. The molecule has 0 aliphatic carbocycles. The van der Waals surface area contributed by atoms with E-state index in [9.17, 15) is 5.26 Å². The number of nitrogen functional groups attached to an aromatic ring is 1. The molecule has 0 atom stereocenters. The van der Waals surface area contributed by atoms with Crippen LogP contribution in [0.3, 0.4) is 0 Å². The van der Waals surface area contributed by atoms with Crippen LogP contribution in [0.15, 0.2) is 48.5 Å². The highest BCUT2D eigenvalue weighted by Crippen LogP contribution is 2.35. The van der Waals surface area contributed by atoms with E-state index in [2.05, 4.69) is 18.0 Å². The first-order chi connectivity index (χ1) is 14.5. The van der Waals surface area contributed by atoms with Crippen LogP contribution in [0.1, 0.15) is 38.2 Å². The van der Waals surface area contributed by atoms with Crippen LogP contribution in [0, 0.1) is 11.3 Å². The third kappa shape index (κ3) is 5.24. The Labute approximate surface area is 187 Å². The standard InChI is InChI=1S/C24H23Cl2N3O/c1-2-3-4-5-12-30-18-9-6-16(7-10-18)19-14-23(29-24(28)21(19)15-27)20-13-17(25)8-11-22(20)26/h6-11,13-14H,2-5,12H2,1H3,(H2,28,29). The number of anilines is 1. The topological polar surface area (TPSA) is 71.9 Å². The maximum atomic E-state index is 9.62. The second-order valence-electron chi connectivity index (χ2n) is 6.98. The van der Waals surface area contributed by atoms with Gasteiger partial charge in [-0.15, -0.1) is 0 Å². The molecule has 154 valence electrons. The molecule has 4 nitrogen and oxygen atoms in total. The number of nitrogens with zero attached hydrogens (tertiary/aromatic N) is 2. The van der Waals surface area contributed by atoms with Gasteiger partial charge in [-0.05, 0) is 48.4 Å². The highest BCUT2D eigenvalue weighted by atomic mass is 35.5. The molecule has 0 fully saturated rings. The van der Waals surface area contributed by atoms with Crippen LogP contribution in [-0.4, -0.2) is 11.6 Å². The molecule has 0 amide bonds. The normalized spacial score (nSPS) is 10.6. The smallest absolute Gasteiger partial charge is 0.142 e. The van der Waals surface area contributed by atoms with Gasteiger partial charge in [-0.3, -0.25) is 0 Å². The summed E-state index contributed by atoms with van der Waals surface area (Å²) in [4.78, 5) is 4.37. The van der Waals surface area contributed by atoms with Crippen molar-refractivity contribution in [1.29, 1.82) is 5.26 Å². The maximum Gasteiger partial charge on any atom is 0.142 e. The van der Waals surface area contributed by atoms with Crippen LogP contribution in [0.25, 0.3) is 22.4 Å². The Morgan fingerprint density at radius 2 is 1.77 bits per heavy atom. The summed E-state index contributed by atoms with van der Waals surface area (Å²) in [7, 11) is 0. The fraction of sp³-hybridized carbons (Fsp3) is 0.250. The molecule has 6 heteroatoms. The predicted octanol–water partition coefficient (Wildman–Crippen LogP) is 7.14. The molecule has 2 N–H and O–H groups in total. The zero-order valence-corrected chi connectivity index (χ0v) is 18.3. The van der Waals surface area contributed by atoms with E-state index in [0.29, 0.717) is 39.0 Å². The summed E-state index contributed by atoms with van der Waals surface area (Å²) in [6.45, 7) is 2.88. The summed E-state index contributed by atoms with van der Waals surface area (Å²) in [5.41, 5.74) is 9.17. The second kappa shape index (κ2) is 10.3. The molecule has 30 heavy (non-hydrogen) atoms. The highest BCUT2D eigenvalue weighted by molar-refractivity contribution is 6.35. The van der Waals surface area contributed by atoms with E-state index in [-0.39, 0.29) is 5.82 Å². The van der Waals surface area contributed by atoms with Crippen LogP contribution in [0.2, 0.25) is 10.0 Å². The van der Waals surface area contributed by atoms with Gasteiger partial charge < -0.3 is 10.5 Å². The van der Waals surface area contributed by atoms with Crippen LogP contribution in [0.5, 0.6) is 5.75 Å². The van der Waals surface area contributed by atoms with Gasteiger partial charge in [-0.1, -0.05) is 61.5 Å². The molecule has 1 heterocycles. The fourth-order valence-corrected chi connectivity index (χ4v) is 3.58. The zero-order valence-electron chi connectivity index (χ0n) is 16.8. The lowest BCUT2D eigenvalue weighted by Gasteiger charge is -2.12. The van der Waals surface area contributed by atoms with E-state index in [4.69, 9.17) is 33.7 Å². The molecule has 0 saturated heterocycles. The Morgan fingerprint density at radius 3 is 2.47 bits per heavy atom. The number of hydrogen-bond acceptors (Lipinski definition) is 4. The number of benzene rings is 2. The number of hydrogen-bond donors (Lipinski definition) is 1. The van der Waals surface area contributed by atoms with E-state index in [1.807, 2.05) is 30.3 Å². The number of nitrogens with two attached hydrogens (primary N) is 1. The van der Waals surface area contributed by atoms with Crippen LogP contribution in [-0.2, 0) is 0 Å². The first kappa shape index (κ1) is 22.0. The first-order valence-corrected chi connectivity index (χ1v) is 10.7. The third-order valence-electron chi connectivity index (χ3n) is 4.80. The Morgan fingerprint density at radius 1 is 1.00 bits per heavy atom. The molecular formula is C24H23Cl2N3O. The van der Waals surface area contributed by atoms with E-state index in [1.165, 1.54) is 19.3 Å². The quantitative estimate of drug-likeness (QED) is 0.378. The molecule has 0 unspecified atom stereocenters. The summed E-state index contributed by atoms with van der Waals surface area (Å²) in [5.74, 6) is 0.950. The average Bonchev–Trinajstić information content (AvgIpc) is 2.75. The Bertz CT molecular complexity index is 1060. The number of rotatable bonds is 8. The van der Waals surface area contributed by atoms with Crippen molar-refractivity contribution in [2.24, 2.45) is 0 Å². The lowest BCUT2D eigenvalue weighted by molar-refractivity contribution is 0.305. The monoisotopic (exact) mass is 439 g/mol. The molecule has 0 radical (unpaired) electrons. The summed E-state index contributed by atoms with van der Waals surface area (Å²) in [6.07, 6.45) is 4.64. The van der Waals surface area contributed by atoms with Crippen molar-refractivity contribution in [2.45, 2.75) is 32.6 Å². The largest absolute Gasteiger partial charge is 0.494 e. The van der Waals surface area contributed by atoms with E-state index >= 15 is 0 Å². The van der Waals surface area contributed by atoms with Gasteiger partial charge in [-0.2, -0.15) is 5.26 Å². The van der Waals surface area contributed by atoms with Gasteiger partial charge in [0.15, 0.2) is 0 Å². The van der Waals surface area contributed by atoms with Gasteiger partial charge in [0, 0.05) is 16.1 Å². The molecule has 3 rings (SSSR count). The Balaban J connectivity index is 1.90. The summed E-state index contributed by atoms with van der Waals surface area (Å²) in [6, 6.07) is 16.8. The third-order valence-corrected chi connectivity index (χ3v) is 5.36. The minimum absolute atomic E-state index is 0.150. The number of unbranched alkanes of at least 4 members (excludes halogenated alkanes) is 3. The molecular weight excluding hydrogens is 417 g/mol. The lowest BCUT2D eigenvalue weighted by atomic mass is 9.98. The minimum Gasteiger partial charge on any atom is -0.494 e. The van der Waals surface area contributed by atoms with Crippen molar-refractivity contribution in [1.82, 2.24) is 4.98 Å². The number of ether oxygens (including phenoxy) is 1. The Kier molecular flexibility index (Phi) is 7.57. The van der Waals surface area contributed by atoms with E-state index < -0.39 is 0 Å². The van der Waals surface area contributed by atoms with Gasteiger partial charge in [-0.25, -0.2) is 4.98 Å². The number of nitriles is 1. The average molecular weight is 440 g/mol. The molecule has 3 aromatic rings. The van der Waals surface area contributed by atoms with Crippen LogP contribution >= 0.6 is 23.2 Å². The summed E-state index contributed by atoms with van der Waals surface area (Å²) in [5, 5.41) is 10.7. The molecule has 1 aromatic heterocycles. The van der Waals surface area contributed by atoms with Crippen molar-refractivity contribution in [3.8, 4) is 34.2 Å². The van der Waals surface area contributed by atoms with Crippen molar-refractivity contribution in [2.75, 3.05) is 12.3 Å². The van der Waals surface area contributed by atoms with Gasteiger partial charge in [0.2, 0.25) is 0 Å². The predicted molar refractivity (Wildman–Crippen MR) is 124 cm³/mol. The van der Waals surface area contributed by atoms with Crippen LogP contribution < -0.4 is 10.5 Å². The maximum absolute atomic E-state index is 9.62. The lowest BCUT2D eigenvalue weighted by Crippen LogP contribution is -2.00. The van der Waals surface area contributed by atoms with Crippen molar-refractivity contribution in [3.63, 3.8) is 0 Å². The molecule has 0 spiro atoms. The molecule has 2 aromatic carbocycles. The highest BCUT2D eigenvalue weighted by Gasteiger charge is 2.15. The first-order valence-electron chi connectivity index (χ1n) is 9.92. The zero-order chi connectivity index (χ0) is 21.5. The van der Waals surface area contributed by atoms with Gasteiger partial charge in [0.25, 0.3) is 0 Å². The number of aromatic nitrogens is 1.